The molecule has 1 saturated carbocycles. The lowest BCUT2D eigenvalue weighted by atomic mass is 9.83. The number of amides is 1. The molecule has 0 aromatic heterocycles. The van der Waals surface area contributed by atoms with E-state index >= 15 is 0 Å². The minimum Gasteiger partial charge on any atom is -0.394 e. The third-order valence-electron chi connectivity index (χ3n) is 7.45. The van der Waals surface area contributed by atoms with Crippen LogP contribution in [-0.2, 0) is 23.7 Å². The minimum atomic E-state index is -1.55. The van der Waals surface area contributed by atoms with Crippen molar-refractivity contribution in [2.75, 3.05) is 13.2 Å². The molecule has 3 aliphatic rings. The standard InChI is InChI=1S/C23H42N4O12S/c1-7(40-2)18-16(33)17(34)23(37-18)39-20-13(30)9(27-21(35)10(29)3-4-24)5-8(25)19(20)38-22-12(26)15(32)14(31)11(6-28)36-22/h8-20,22-23,28-34H,2-6,24-26H2,1H3,(H,27,35)/t8?,9-,10+,11?,12?,13?,14-,15?,16?,17?,18-,19-,20?,22-,23+/m1/s1. The summed E-state index contributed by atoms with van der Waals surface area (Å²) >= 11 is 0. The number of rotatable bonds is 10. The normalized spacial score (nSPS) is 44.7. The number of hydrogen-bond donors (Lipinski definition) is 11. The van der Waals surface area contributed by atoms with Gasteiger partial charge in [0, 0.05) is 10.9 Å². The van der Waals surface area contributed by atoms with Crippen LogP contribution in [0.4, 0.5) is 0 Å². The molecular weight excluding hydrogens is 556 g/mol. The zero-order chi connectivity index (χ0) is 29.9. The van der Waals surface area contributed by atoms with Crippen LogP contribution in [0.2, 0.25) is 0 Å². The van der Waals surface area contributed by atoms with Crippen LogP contribution in [0.1, 0.15) is 19.8 Å². The van der Waals surface area contributed by atoms with Crippen molar-refractivity contribution in [3.63, 3.8) is 0 Å². The van der Waals surface area contributed by atoms with Gasteiger partial charge in [-0.3, -0.25) is 4.79 Å². The number of ether oxygens (including phenoxy) is 4. The van der Waals surface area contributed by atoms with E-state index in [0.29, 0.717) is 4.86 Å². The molecule has 16 nitrogen and oxygen atoms in total. The molecule has 1 amide bonds. The molecule has 0 radical (unpaired) electrons. The fourth-order valence-corrected chi connectivity index (χ4v) is 5.35. The molecule has 0 aromatic carbocycles. The second-order valence-corrected chi connectivity index (χ2v) is 11.2. The zero-order valence-corrected chi connectivity index (χ0v) is 22.8. The van der Waals surface area contributed by atoms with Crippen molar-refractivity contribution in [2.24, 2.45) is 17.2 Å². The summed E-state index contributed by atoms with van der Waals surface area (Å²) in [6.07, 6.45) is -16.8. The van der Waals surface area contributed by atoms with Crippen molar-refractivity contribution in [1.82, 2.24) is 5.32 Å². The third-order valence-corrected chi connectivity index (χ3v) is 8.14. The van der Waals surface area contributed by atoms with E-state index in [0.717, 1.165) is 10.9 Å². The Morgan fingerprint density at radius 1 is 1.02 bits per heavy atom. The van der Waals surface area contributed by atoms with Gasteiger partial charge in [0.2, 0.25) is 5.91 Å². The molecule has 0 aromatic rings. The predicted molar refractivity (Wildman–Crippen MR) is 142 cm³/mol. The lowest BCUT2D eigenvalue weighted by Crippen LogP contribution is -2.69. The van der Waals surface area contributed by atoms with Gasteiger partial charge in [-0.25, -0.2) is 0 Å². The molecule has 2 aliphatic heterocycles. The first-order chi connectivity index (χ1) is 18.9. The maximum atomic E-state index is 12.5. The highest BCUT2D eigenvalue weighted by atomic mass is 32.1. The van der Waals surface area contributed by atoms with Gasteiger partial charge in [-0.15, -0.1) is 0 Å². The van der Waals surface area contributed by atoms with Crippen molar-refractivity contribution in [2.45, 2.75) is 112 Å². The van der Waals surface area contributed by atoms with Crippen molar-refractivity contribution in [3.05, 3.63) is 0 Å². The van der Waals surface area contributed by atoms with E-state index in [1.165, 1.54) is 0 Å². The van der Waals surface area contributed by atoms with Crippen LogP contribution in [0.3, 0.4) is 0 Å². The third kappa shape index (κ3) is 7.08. The van der Waals surface area contributed by atoms with Crippen LogP contribution in [-0.4, -0.2) is 157 Å². The van der Waals surface area contributed by atoms with E-state index in [4.69, 9.17) is 36.1 Å². The first kappa shape index (κ1) is 33.4. The van der Waals surface area contributed by atoms with Gasteiger partial charge in [0.05, 0.1) is 18.7 Å². The average molecular weight is 599 g/mol. The predicted octanol–water partition coefficient (Wildman–Crippen LogP) is -6.39. The molecule has 3 fully saturated rings. The van der Waals surface area contributed by atoms with Crippen LogP contribution in [0, 0.1) is 0 Å². The summed E-state index contributed by atoms with van der Waals surface area (Å²) < 4.78 is 23.1. The maximum absolute atomic E-state index is 12.5. The molecule has 2 heterocycles. The second kappa shape index (κ2) is 14.4. The second-order valence-electron chi connectivity index (χ2n) is 10.2. The van der Waals surface area contributed by atoms with Crippen molar-refractivity contribution in [3.8, 4) is 0 Å². The van der Waals surface area contributed by atoms with Gasteiger partial charge in [0.25, 0.3) is 0 Å². The molecule has 0 bridgehead atoms. The molecule has 232 valence electrons. The van der Waals surface area contributed by atoms with Crippen LogP contribution < -0.4 is 22.5 Å². The van der Waals surface area contributed by atoms with E-state index in [9.17, 15) is 40.5 Å². The number of carbonyl (C=O) groups is 1. The molecule has 17 heteroatoms. The molecule has 0 spiro atoms. The molecule has 2 saturated heterocycles. The number of aliphatic hydroxyl groups is 7. The summed E-state index contributed by atoms with van der Waals surface area (Å²) in [6.45, 7) is 1.03. The highest BCUT2D eigenvalue weighted by molar-refractivity contribution is 7.96. The van der Waals surface area contributed by atoms with Crippen molar-refractivity contribution < 1.29 is 59.5 Å². The van der Waals surface area contributed by atoms with Crippen LogP contribution in [0.15, 0.2) is 0 Å². The number of nitrogens with one attached hydrogen (secondary N) is 1. The smallest absolute Gasteiger partial charge is 0.249 e. The average Bonchev–Trinajstić information content (AvgIpc) is 3.21. The Balaban J connectivity index is 1.87. The Hall–Kier alpha value is -1.13. The van der Waals surface area contributed by atoms with Gasteiger partial charge in [-0.2, -0.15) is 10.9 Å². The van der Waals surface area contributed by atoms with Crippen molar-refractivity contribution in [1.29, 1.82) is 0 Å². The fourth-order valence-electron chi connectivity index (χ4n) is 4.99. The SMILES string of the molecule is C=S=C(C)[C@H]1O[C@@H](OC2C(O)[C@H](NC(=O)[C@@H](O)CCN)CC(N)[C@H]2O[C@H]2OC(CO)[C@@H](O)C(O)C2N)C(O)C1O. The summed E-state index contributed by atoms with van der Waals surface area (Å²) in [6, 6.07) is -3.33. The number of nitrogens with two attached hydrogens (primary N) is 3. The Morgan fingerprint density at radius 3 is 2.27 bits per heavy atom. The molecule has 3 rings (SSSR count). The first-order valence-corrected chi connectivity index (χ1v) is 13.9. The van der Waals surface area contributed by atoms with E-state index in [1.54, 1.807) is 6.92 Å². The lowest BCUT2D eigenvalue weighted by Gasteiger charge is -2.47. The van der Waals surface area contributed by atoms with Crippen LogP contribution in [0.25, 0.3) is 0 Å². The first-order valence-electron chi connectivity index (χ1n) is 12.9. The molecule has 15 atom stereocenters. The van der Waals surface area contributed by atoms with E-state index < -0.39 is 104 Å². The number of carbonyl (C=O) groups excluding carboxylic acids is 1. The topological polar surface area (TPSA) is 286 Å². The van der Waals surface area contributed by atoms with Crippen LogP contribution >= 0.6 is 10.9 Å². The Bertz CT molecular complexity index is 913. The molecule has 1 aliphatic carbocycles. The lowest BCUT2D eigenvalue weighted by molar-refractivity contribution is -0.310. The van der Waals surface area contributed by atoms with Gasteiger partial charge in [0.1, 0.15) is 61.0 Å². The quantitative estimate of drug-likeness (QED) is 0.104. The van der Waals surface area contributed by atoms with Gasteiger partial charge in [-0.05, 0) is 32.2 Å². The van der Waals surface area contributed by atoms with Gasteiger partial charge in [0.15, 0.2) is 12.6 Å². The number of aliphatic hydroxyl groups excluding tert-OH is 7. The van der Waals surface area contributed by atoms with Gasteiger partial charge >= 0.3 is 0 Å². The highest BCUT2D eigenvalue weighted by Gasteiger charge is 2.53. The Labute approximate surface area is 234 Å². The van der Waals surface area contributed by atoms with E-state index in [-0.39, 0.29) is 19.4 Å². The summed E-state index contributed by atoms with van der Waals surface area (Å²) in [5, 5.41) is 74.9. The highest BCUT2D eigenvalue weighted by Crippen LogP contribution is 2.33. The molecule has 8 unspecified atom stereocenters. The van der Waals surface area contributed by atoms with Crippen LogP contribution in [0.5, 0.6) is 0 Å². The summed E-state index contributed by atoms with van der Waals surface area (Å²) in [4.78, 5) is 13.0. The summed E-state index contributed by atoms with van der Waals surface area (Å²) in [7, 11) is 1.06. The minimum absolute atomic E-state index is 0.0228. The van der Waals surface area contributed by atoms with E-state index in [1.807, 2.05) is 0 Å². The van der Waals surface area contributed by atoms with Gasteiger partial charge < -0.3 is 77.2 Å². The van der Waals surface area contributed by atoms with Gasteiger partial charge in [-0.1, -0.05) is 0 Å². The molecule has 40 heavy (non-hydrogen) atoms. The molecular formula is C23H42N4O12S. The zero-order valence-electron chi connectivity index (χ0n) is 22.0. The maximum Gasteiger partial charge on any atom is 0.249 e. The largest absolute Gasteiger partial charge is 0.394 e. The summed E-state index contributed by atoms with van der Waals surface area (Å²) in [5.74, 6) is 2.86. The Kier molecular flexibility index (Phi) is 12.0. The van der Waals surface area contributed by atoms with Crippen molar-refractivity contribution >= 4 is 27.6 Å². The Morgan fingerprint density at radius 2 is 1.68 bits per heavy atom. The molecule has 14 N–H and O–H groups in total. The van der Waals surface area contributed by atoms with E-state index in [2.05, 4.69) is 11.2 Å². The monoisotopic (exact) mass is 598 g/mol. The number of hydrogen-bond acceptors (Lipinski definition) is 15. The summed E-state index contributed by atoms with van der Waals surface area (Å²) in [5.41, 5.74) is 17.8. The fraction of sp³-hybridized carbons (Fsp3) is 0.870.